The lowest BCUT2D eigenvalue weighted by molar-refractivity contribution is 0.200. The molecule has 0 spiro atoms. The number of hydrogen-bond acceptors (Lipinski definition) is 5. The van der Waals surface area contributed by atoms with E-state index in [1.54, 1.807) is 0 Å². The molecule has 0 N–H and O–H groups in total. The SMILES string of the molecule is Cc1cc(N2CCN(CCOc3ccc(Cl)cc3)CC2)nc(C)n1. The Morgan fingerprint density at radius 2 is 1.75 bits per heavy atom. The second-order valence-corrected chi connectivity index (χ2v) is 6.48. The summed E-state index contributed by atoms with van der Waals surface area (Å²) in [6, 6.07) is 9.56. The van der Waals surface area contributed by atoms with Crippen molar-refractivity contribution in [1.82, 2.24) is 14.9 Å². The van der Waals surface area contributed by atoms with E-state index in [2.05, 4.69) is 25.8 Å². The van der Waals surface area contributed by atoms with Crippen LogP contribution in [0, 0.1) is 13.8 Å². The lowest BCUT2D eigenvalue weighted by Gasteiger charge is -2.35. The van der Waals surface area contributed by atoms with Crippen LogP contribution in [-0.2, 0) is 0 Å². The van der Waals surface area contributed by atoms with Crippen molar-refractivity contribution in [3.63, 3.8) is 0 Å². The van der Waals surface area contributed by atoms with E-state index < -0.39 is 0 Å². The minimum atomic E-state index is 0.688. The van der Waals surface area contributed by atoms with Crippen LogP contribution in [0.25, 0.3) is 0 Å². The zero-order chi connectivity index (χ0) is 16.9. The van der Waals surface area contributed by atoms with Gasteiger partial charge >= 0.3 is 0 Å². The first-order valence-corrected chi connectivity index (χ1v) is 8.66. The maximum absolute atomic E-state index is 5.87. The number of aromatic nitrogens is 2. The van der Waals surface area contributed by atoms with Crippen molar-refractivity contribution in [3.8, 4) is 5.75 Å². The second-order valence-electron chi connectivity index (χ2n) is 6.05. The summed E-state index contributed by atoms with van der Waals surface area (Å²) in [7, 11) is 0. The fourth-order valence-corrected chi connectivity index (χ4v) is 3.01. The standard InChI is InChI=1S/C18H23ClN4O/c1-14-13-18(21-15(2)20-14)23-9-7-22(8-10-23)11-12-24-17-5-3-16(19)4-6-17/h3-6,13H,7-12H2,1-2H3. The van der Waals surface area contributed by atoms with E-state index in [1.807, 2.05) is 38.1 Å². The molecule has 0 saturated carbocycles. The van der Waals surface area contributed by atoms with Gasteiger partial charge in [0.15, 0.2) is 0 Å². The summed E-state index contributed by atoms with van der Waals surface area (Å²) in [5.74, 6) is 2.74. The zero-order valence-electron chi connectivity index (χ0n) is 14.2. The van der Waals surface area contributed by atoms with E-state index in [1.165, 1.54) is 0 Å². The molecule has 0 amide bonds. The number of anilines is 1. The van der Waals surface area contributed by atoms with Crippen LogP contribution in [0.4, 0.5) is 5.82 Å². The number of nitrogens with zero attached hydrogens (tertiary/aromatic N) is 4. The molecule has 24 heavy (non-hydrogen) atoms. The molecule has 1 aliphatic heterocycles. The van der Waals surface area contributed by atoms with Crippen molar-refractivity contribution in [3.05, 3.63) is 46.9 Å². The first-order valence-electron chi connectivity index (χ1n) is 8.28. The number of hydrogen-bond donors (Lipinski definition) is 0. The summed E-state index contributed by atoms with van der Waals surface area (Å²) in [5, 5.41) is 0.730. The smallest absolute Gasteiger partial charge is 0.132 e. The van der Waals surface area contributed by atoms with E-state index in [4.69, 9.17) is 16.3 Å². The van der Waals surface area contributed by atoms with Crippen LogP contribution < -0.4 is 9.64 Å². The normalized spacial score (nSPS) is 15.5. The molecule has 2 aromatic rings. The molecule has 3 rings (SSSR count). The Kier molecular flexibility index (Phi) is 5.53. The first-order chi connectivity index (χ1) is 11.6. The van der Waals surface area contributed by atoms with Crippen LogP contribution >= 0.6 is 11.6 Å². The van der Waals surface area contributed by atoms with Gasteiger partial charge in [-0.1, -0.05) is 11.6 Å². The highest BCUT2D eigenvalue weighted by atomic mass is 35.5. The predicted molar refractivity (Wildman–Crippen MR) is 97.1 cm³/mol. The molecule has 1 fully saturated rings. The van der Waals surface area contributed by atoms with Crippen molar-refractivity contribution in [2.24, 2.45) is 0 Å². The van der Waals surface area contributed by atoms with Gasteiger partial charge in [-0.25, -0.2) is 9.97 Å². The summed E-state index contributed by atoms with van der Waals surface area (Å²) in [5.41, 5.74) is 1.02. The largest absolute Gasteiger partial charge is 0.492 e. The van der Waals surface area contributed by atoms with Crippen LogP contribution in [0.5, 0.6) is 5.75 Å². The van der Waals surface area contributed by atoms with Crippen molar-refractivity contribution < 1.29 is 4.74 Å². The Morgan fingerprint density at radius 1 is 1.04 bits per heavy atom. The molecule has 2 heterocycles. The quantitative estimate of drug-likeness (QED) is 0.832. The predicted octanol–water partition coefficient (Wildman–Crippen LogP) is 2.95. The van der Waals surface area contributed by atoms with Gasteiger partial charge in [-0.2, -0.15) is 0 Å². The molecule has 128 valence electrons. The minimum absolute atomic E-state index is 0.688. The highest BCUT2D eigenvalue weighted by molar-refractivity contribution is 6.30. The average molecular weight is 347 g/mol. The molecule has 5 nitrogen and oxygen atoms in total. The van der Waals surface area contributed by atoms with Gasteiger partial charge in [0.2, 0.25) is 0 Å². The molecular formula is C18H23ClN4O. The van der Waals surface area contributed by atoms with Gasteiger partial charge in [-0.3, -0.25) is 4.90 Å². The molecule has 1 aromatic carbocycles. The summed E-state index contributed by atoms with van der Waals surface area (Å²) in [6.07, 6.45) is 0. The van der Waals surface area contributed by atoms with Gasteiger partial charge in [0.1, 0.15) is 24.0 Å². The van der Waals surface area contributed by atoms with Crippen LogP contribution in [-0.4, -0.2) is 54.2 Å². The van der Waals surface area contributed by atoms with E-state index in [-0.39, 0.29) is 0 Å². The summed E-state index contributed by atoms with van der Waals surface area (Å²) >= 11 is 5.87. The highest BCUT2D eigenvalue weighted by Gasteiger charge is 2.18. The monoisotopic (exact) mass is 346 g/mol. The number of benzene rings is 1. The third-order valence-corrected chi connectivity index (χ3v) is 4.39. The molecule has 0 atom stereocenters. The molecule has 1 aromatic heterocycles. The fourth-order valence-electron chi connectivity index (χ4n) is 2.88. The zero-order valence-corrected chi connectivity index (χ0v) is 15.0. The Hall–Kier alpha value is -1.85. The number of rotatable bonds is 5. The topological polar surface area (TPSA) is 41.5 Å². The average Bonchev–Trinajstić information content (AvgIpc) is 2.56. The Labute approximate surface area is 148 Å². The van der Waals surface area contributed by atoms with Gasteiger partial charge in [-0.05, 0) is 38.1 Å². The third kappa shape index (κ3) is 4.58. The highest BCUT2D eigenvalue weighted by Crippen LogP contribution is 2.16. The van der Waals surface area contributed by atoms with Gasteiger partial charge in [0.05, 0.1) is 0 Å². The third-order valence-electron chi connectivity index (χ3n) is 4.14. The Bertz CT molecular complexity index is 649. The van der Waals surface area contributed by atoms with Crippen LogP contribution in [0.3, 0.4) is 0 Å². The molecule has 0 aliphatic carbocycles. The van der Waals surface area contributed by atoms with Crippen LogP contribution in [0.15, 0.2) is 30.3 Å². The Balaban J connectivity index is 1.44. The summed E-state index contributed by atoms with van der Waals surface area (Å²) in [4.78, 5) is 13.7. The maximum Gasteiger partial charge on any atom is 0.132 e. The first kappa shape index (κ1) is 17.0. The van der Waals surface area contributed by atoms with Crippen molar-refractivity contribution in [2.45, 2.75) is 13.8 Å². The molecule has 1 saturated heterocycles. The summed E-state index contributed by atoms with van der Waals surface area (Å²) in [6.45, 7) is 9.58. The molecule has 0 radical (unpaired) electrons. The Morgan fingerprint density at radius 3 is 2.42 bits per heavy atom. The number of piperazine rings is 1. The molecule has 6 heteroatoms. The number of halogens is 1. The van der Waals surface area contributed by atoms with E-state index >= 15 is 0 Å². The summed E-state index contributed by atoms with van der Waals surface area (Å²) < 4.78 is 5.77. The van der Waals surface area contributed by atoms with Crippen molar-refractivity contribution >= 4 is 17.4 Å². The van der Waals surface area contributed by atoms with E-state index in [0.717, 1.165) is 60.8 Å². The maximum atomic E-state index is 5.87. The molecular weight excluding hydrogens is 324 g/mol. The van der Waals surface area contributed by atoms with Crippen LogP contribution in [0.1, 0.15) is 11.5 Å². The lowest BCUT2D eigenvalue weighted by atomic mass is 10.3. The molecule has 0 bridgehead atoms. The van der Waals surface area contributed by atoms with Gasteiger partial charge < -0.3 is 9.64 Å². The van der Waals surface area contributed by atoms with Gasteiger partial charge in [-0.15, -0.1) is 0 Å². The number of ether oxygens (including phenoxy) is 1. The van der Waals surface area contributed by atoms with Gasteiger partial charge in [0.25, 0.3) is 0 Å². The lowest BCUT2D eigenvalue weighted by Crippen LogP contribution is -2.47. The van der Waals surface area contributed by atoms with Crippen molar-refractivity contribution in [2.75, 3.05) is 44.2 Å². The number of aryl methyl sites for hydroxylation is 2. The minimum Gasteiger partial charge on any atom is -0.492 e. The second kappa shape index (κ2) is 7.81. The van der Waals surface area contributed by atoms with Crippen molar-refractivity contribution in [1.29, 1.82) is 0 Å². The van der Waals surface area contributed by atoms with E-state index in [0.29, 0.717) is 6.61 Å². The van der Waals surface area contributed by atoms with E-state index in [9.17, 15) is 0 Å². The fraction of sp³-hybridized carbons (Fsp3) is 0.444. The molecule has 1 aliphatic rings. The molecule has 0 unspecified atom stereocenters. The van der Waals surface area contributed by atoms with Gasteiger partial charge in [0, 0.05) is 49.5 Å². The van der Waals surface area contributed by atoms with Crippen LogP contribution in [0.2, 0.25) is 5.02 Å².